The van der Waals surface area contributed by atoms with Crippen molar-refractivity contribution in [2.24, 2.45) is 13.0 Å². The van der Waals surface area contributed by atoms with Gasteiger partial charge in [-0.15, -0.1) is 0 Å². The minimum atomic E-state index is -0.415. The Morgan fingerprint density at radius 2 is 2.21 bits per heavy atom. The van der Waals surface area contributed by atoms with Gasteiger partial charge in [0.1, 0.15) is 0 Å². The molecule has 2 heterocycles. The van der Waals surface area contributed by atoms with Crippen molar-refractivity contribution in [2.75, 3.05) is 13.1 Å². The first kappa shape index (κ1) is 14.1. The minimum absolute atomic E-state index is 0.196. The van der Waals surface area contributed by atoms with Crippen LogP contribution in [0.2, 0.25) is 0 Å². The first-order valence-electron chi connectivity index (χ1n) is 6.77. The fraction of sp³-hybridized carbons (Fsp3) is 0.643. The van der Waals surface area contributed by atoms with E-state index in [1.807, 2.05) is 0 Å². The van der Waals surface area contributed by atoms with Gasteiger partial charge in [0.25, 0.3) is 0 Å². The number of aromatic hydroxyl groups is 1. The molecule has 0 saturated carbocycles. The minimum Gasteiger partial charge on any atom is -0.503 e. The SMILES string of the molecule is CC1CCCN(Cc2c(O)c(=O)cc(CO)n2C)C1. The van der Waals surface area contributed by atoms with Crippen molar-refractivity contribution in [3.05, 3.63) is 27.7 Å². The van der Waals surface area contributed by atoms with E-state index in [1.54, 1.807) is 11.6 Å². The van der Waals surface area contributed by atoms with Crippen molar-refractivity contribution < 1.29 is 10.2 Å². The number of aromatic nitrogens is 1. The van der Waals surface area contributed by atoms with Gasteiger partial charge in [0.05, 0.1) is 12.3 Å². The Balaban J connectivity index is 2.28. The summed E-state index contributed by atoms with van der Waals surface area (Å²) in [5, 5.41) is 19.2. The second-order valence-electron chi connectivity index (χ2n) is 5.49. The fourth-order valence-corrected chi connectivity index (χ4v) is 2.77. The highest BCUT2D eigenvalue weighted by Crippen LogP contribution is 2.21. The number of hydrogen-bond acceptors (Lipinski definition) is 4. The van der Waals surface area contributed by atoms with Crippen molar-refractivity contribution in [3.8, 4) is 5.75 Å². The van der Waals surface area contributed by atoms with E-state index < -0.39 is 5.43 Å². The third-order valence-electron chi connectivity index (χ3n) is 3.92. The van der Waals surface area contributed by atoms with Crippen LogP contribution in [-0.2, 0) is 20.2 Å². The van der Waals surface area contributed by atoms with Gasteiger partial charge >= 0.3 is 0 Å². The number of likely N-dealkylation sites (tertiary alicyclic amines) is 1. The number of nitrogens with zero attached hydrogens (tertiary/aromatic N) is 2. The summed E-state index contributed by atoms with van der Waals surface area (Å²) in [5.41, 5.74) is 0.704. The molecule has 0 aromatic carbocycles. The molecule has 1 aliphatic heterocycles. The number of aliphatic hydroxyl groups is 1. The van der Waals surface area contributed by atoms with Crippen LogP contribution in [0, 0.1) is 5.92 Å². The lowest BCUT2D eigenvalue weighted by Gasteiger charge is -2.31. The number of aliphatic hydroxyl groups excluding tert-OH is 1. The third-order valence-corrected chi connectivity index (χ3v) is 3.92. The molecule has 1 aliphatic rings. The Kier molecular flexibility index (Phi) is 4.27. The van der Waals surface area contributed by atoms with Gasteiger partial charge in [-0.2, -0.15) is 0 Å². The Labute approximate surface area is 113 Å². The topological polar surface area (TPSA) is 65.7 Å². The number of piperidine rings is 1. The highest BCUT2D eigenvalue weighted by molar-refractivity contribution is 5.29. The predicted molar refractivity (Wildman–Crippen MR) is 72.9 cm³/mol. The van der Waals surface area contributed by atoms with Gasteiger partial charge in [0, 0.05) is 31.9 Å². The maximum Gasteiger partial charge on any atom is 0.223 e. The monoisotopic (exact) mass is 266 g/mol. The molecular weight excluding hydrogens is 244 g/mol. The van der Waals surface area contributed by atoms with Gasteiger partial charge < -0.3 is 14.8 Å². The molecule has 0 radical (unpaired) electrons. The molecular formula is C14H22N2O3. The van der Waals surface area contributed by atoms with Crippen LogP contribution in [0.25, 0.3) is 0 Å². The van der Waals surface area contributed by atoms with E-state index in [2.05, 4.69) is 11.8 Å². The molecule has 1 atom stereocenters. The summed E-state index contributed by atoms with van der Waals surface area (Å²) in [6.45, 7) is 4.54. The van der Waals surface area contributed by atoms with Gasteiger partial charge in [0.15, 0.2) is 5.75 Å². The molecule has 1 aromatic heterocycles. The Bertz CT molecular complexity index is 510. The molecule has 1 saturated heterocycles. The molecule has 1 unspecified atom stereocenters. The lowest BCUT2D eigenvalue weighted by molar-refractivity contribution is 0.170. The molecule has 0 bridgehead atoms. The van der Waals surface area contributed by atoms with E-state index in [0.717, 1.165) is 19.5 Å². The lowest BCUT2D eigenvalue weighted by atomic mass is 10.00. The van der Waals surface area contributed by atoms with E-state index in [9.17, 15) is 15.0 Å². The van der Waals surface area contributed by atoms with Crippen LogP contribution in [-0.4, -0.2) is 32.8 Å². The molecule has 0 amide bonds. The first-order chi connectivity index (χ1) is 9.02. The zero-order chi connectivity index (χ0) is 14.0. The summed E-state index contributed by atoms with van der Waals surface area (Å²) < 4.78 is 1.72. The highest BCUT2D eigenvalue weighted by Gasteiger charge is 2.20. The largest absolute Gasteiger partial charge is 0.503 e. The molecule has 106 valence electrons. The second kappa shape index (κ2) is 5.75. The van der Waals surface area contributed by atoms with Gasteiger partial charge in [-0.05, 0) is 25.3 Å². The fourth-order valence-electron chi connectivity index (χ4n) is 2.77. The predicted octanol–water partition coefficient (Wildman–Crippen LogP) is 0.815. The summed E-state index contributed by atoms with van der Waals surface area (Å²) in [4.78, 5) is 13.9. The van der Waals surface area contributed by atoms with Crippen LogP contribution < -0.4 is 5.43 Å². The van der Waals surface area contributed by atoms with Crippen LogP contribution >= 0.6 is 0 Å². The van der Waals surface area contributed by atoms with E-state index >= 15 is 0 Å². The average molecular weight is 266 g/mol. The number of pyridine rings is 1. The van der Waals surface area contributed by atoms with Gasteiger partial charge in [0.2, 0.25) is 5.43 Å². The standard InChI is InChI=1S/C14H22N2O3/c1-10-4-3-5-16(7-10)8-12-14(19)13(18)6-11(9-17)15(12)2/h6,10,17,19H,3-5,7-9H2,1-2H3. The Morgan fingerprint density at radius 1 is 1.47 bits per heavy atom. The molecule has 5 nitrogen and oxygen atoms in total. The summed E-state index contributed by atoms with van der Waals surface area (Å²) >= 11 is 0. The maximum atomic E-state index is 11.7. The number of rotatable bonds is 3. The van der Waals surface area contributed by atoms with Gasteiger partial charge in [-0.25, -0.2) is 0 Å². The van der Waals surface area contributed by atoms with Crippen molar-refractivity contribution in [1.82, 2.24) is 9.47 Å². The molecule has 0 spiro atoms. The second-order valence-corrected chi connectivity index (χ2v) is 5.49. The molecule has 1 fully saturated rings. The highest BCUT2D eigenvalue weighted by atomic mass is 16.3. The summed E-state index contributed by atoms with van der Waals surface area (Å²) in [6, 6.07) is 1.29. The summed E-state index contributed by atoms with van der Waals surface area (Å²) in [6.07, 6.45) is 2.38. The van der Waals surface area contributed by atoms with E-state index in [-0.39, 0.29) is 12.4 Å². The summed E-state index contributed by atoms with van der Waals surface area (Å²) in [5.74, 6) is 0.451. The zero-order valence-electron chi connectivity index (χ0n) is 11.6. The van der Waals surface area contributed by atoms with E-state index in [0.29, 0.717) is 23.9 Å². The normalized spacial score (nSPS) is 20.7. The maximum absolute atomic E-state index is 11.7. The zero-order valence-corrected chi connectivity index (χ0v) is 11.6. The molecule has 19 heavy (non-hydrogen) atoms. The Morgan fingerprint density at radius 3 is 2.84 bits per heavy atom. The van der Waals surface area contributed by atoms with Crippen molar-refractivity contribution in [1.29, 1.82) is 0 Å². The molecule has 0 aliphatic carbocycles. The number of hydrogen-bond donors (Lipinski definition) is 2. The van der Waals surface area contributed by atoms with Gasteiger partial charge in [-0.3, -0.25) is 9.69 Å². The molecule has 1 aromatic rings. The molecule has 2 rings (SSSR count). The van der Waals surface area contributed by atoms with Crippen LogP contribution in [0.4, 0.5) is 0 Å². The Hall–Kier alpha value is -1.33. The van der Waals surface area contributed by atoms with Crippen LogP contribution in [0.1, 0.15) is 31.2 Å². The molecule has 5 heteroatoms. The van der Waals surface area contributed by atoms with Crippen LogP contribution in [0.3, 0.4) is 0 Å². The first-order valence-corrected chi connectivity index (χ1v) is 6.77. The van der Waals surface area contributed by atoms with Crippen molar-refractivity contribution in [2.45, 2.75) is 32.9 Å². The van der Waals surface area contributed by atoms with E-state index in [1.165, 1.54) is 12.5 Å². The van der Waals surface area contributed by atoms with Crippen molar-refractivity contribution in [3.63, 3.8) is 0 Å². The summed E-state index contributed by atoms with van der Waals surface area (Å²) in [7, 11) is 1.77. The van der Waals surface area contributed by atoms with E-state index in [4.69, 9.17) is 0 Å². The van der Waals surface area contributed by atoms with Crippen molar-refractivity contribution >= 4 is 0 Å². The van der Waals surface area contributed by atoms with Crippen LogP contribution in [0.5, 0.6) is 5.75 Å². The third kappa shape index (κ3) is 2.98. The lowest BCUT2D eigenvalue weighted by Crippen LogP contribution is -2.35. The quantitative estimate of drug-likeness (QED) is 0.850. The molecule has 2 N–H and O–H groups in total. The average Bonchev–Trinajstić information content (AvgIpc) is 2.39. The smallest absolute Gasteiger partial charge is 0.223 e. The van der Waals surface area contributed by atoms with Gasteiger partial charge in [-0.1, -0.05) is 6.92 Å². The van der Waals surface area contributed by atoms with Crippen LogP contribution in [0.15, 0.2) is 10.9 Å².